The van der Waals surface area contributed by atoms with Crippen molar-refractivity contribution in [2.24, 2.45) is 0 Å². The lowest BCUT2D eigenvalue weighted by molar-refractivity contribution is -0.384. The van der Waals surface area contributed by atoms with E-state index in [2.05, 4.69) is 5.32 Å². The first kappa shape index (κ1) is 14.0. The zero-order valence-corrected chi connectivity index (χ0v) is 11.5. The van der Waals surface area contributed by atoms with Crippen LogP contribution in [0.25, 0.3) is 0 Å². The molecule has 22 heavy (non-hydrogen) atoms. The maximum atomic E-state index is 13.4. The fraction of sp³-hybridized carbons (Fsp3) is 0.188. The molecule has 1 unspecified atom stereocenters. The quantitative estimate of drug-likeness (QED) is 0.692. The zero-order valence-electron chi connectivity index (χ0n) is 11.5. The summed E-state index contributed by atoms with van der Waals surface area (Å²) in [7, 11) is 0. The third kappa shape index (κ3) is 2.49. The number of nitro benzene ring substituents is 1. The lowest BCUT2D eigenvalue weighted by Crippen LogP contribution is -2.08. The molecular weight excluding hydrogens is 285 g/mol. The molecule has 5 nitrogen and oxygen atoms in total. The fourth-order valence-electron chi connectivity index (χ4n) is 2.77. The molecule has 0 fully saturated rings. The normalized spacial score (nSPS) is 15.9. The molecule has 1 aliphatic rings. The van der Waals surface area contributed by atoms with Crippen LogP contribution in [0.15, 0.2) is 36.4 Å². The van der Waals surface area contributed by atoms with Crippen molar-refractivity contribution in [3.05, 3.63) is 69.0 Å². The summed E-state index contributed by atoms with van der Waals surface area (Å²) < 4.78 is 13.4. The Balaban J connectivity index is 1.91. The Kier molecular flexibility index (Phi) is 3.47. The maximum Gasteiger partial charge on any atom is 0.270 e. The topological polar surface area (TPSA) is 79.0 Å². The van der Waals surface area contributed by atoms with Crippen molar-refractivity contribution in [1.82, 2.24) is 0 Å². The van der Waals surface area contributed by atoms with Crippen molar-refractivity contribution in [2.75, 3.05) is 5.32 Å². The minimum atomic E-state index is -0.537. The van der Waals surface area contributed by atoms with Gasteiger partial charge in [-0.3, -0.25) is 10.1 Å². The molecule has 1 N–H and O–H groups in total. The van der Waals surface area contributed by atoms with Gasteiger partial charge in [0, 0.05) is 12.1 Å². The van der Waals surface area contributed by atoms with E-state index in [9.17, 15) is 14.5 Å². The van der Waals surface area contributed by atoms with Gasteiger partial charge in [0.05, 0.1) is 22.2 Å². The summed E-state index contributed by atoms with van der Waals surface area (Å²) in [6, 6.07) is 10.7. The van der Waals surface area contributed by atoms with E-state index in [1.165, 1.54) is 30.3 Å². The van der Waals surface area contributed by atoms with Crippen LogP contribution in [0, 0.1) is 27.3 Å². The predicted octanol–water partition coefficient (Wildman–Crippen LogP) is 3.70. The molecule has 2 aromatic rings. The predicted molar refractivity (Wildman–Crippen MR) is 78.9 cm³/mol. The van der Waals surface area contributed by atoms with Crippen LogP contribution < -0.4 is 5.32 Å². The molecule has 1 atom stereocenters. The monoisotopic (exact) mass is 297 g/mol. The highest BCUT2D eigenvalue weighted by atomic mass is 19.1. The van der Waals surface area contributed by atoms with Gasteiger partial charge in [-0.15, -0.1) is 0 Å². The first-order valence-electron chi connectivity index (χ1n) is 6.82. The SMILES string of the molecule is N#Cc1cc([N+](=O)[O-])ccc1NC1CCc2ccc(F)cc21. The lowest BCUT2D eigenvalue weighted by Gasteiger charge is -2.16. The smallest absolute Gasteiger partial charge is 0.270 e. The lowest BCUT2D eigenvalue weighted by atomic mass is 10.1. The molecule has 0 radical (unpaired) electrons. The molecule has 6 heteroatoms. The Hall–Kier alpha value is -2.94. The number of rotatable bonds is 3. The fourth-order valence-corrected chi connectivity index (χ4v) is 2.77. The molecule has 2 aromatic carbocycles. The van der Waals surface area contributed by atoms with Gasteiger partial charge in [-0.25, -0.2) is 4.39 Å². The average molecular weight is 297 g/mol. The number of aryl methyl sites for hydroxylation is 1. The number of fused-ring (bicyclic) bond motifs is 1. The number of nitrogens with zero attached hydrogens (tertiary/aromatic N) is 2. The van der Waals surface area contributed by atoms with E-state index in [1.54, 1.807) is 6.07 Å². The number of nitro groups is 1. The third-order valence-electron chi connectivity index (χ3n) is 3.85. The summed E-state index contributed by atoms with van der Waals surface area (Å²) in [6.45, 7) is 0. The van der Waals surface area contributed by atoms with Gasteiger partial charge >= 0.3 is 0 Å². The molecule has 110 valence electrons. The van der Waals surface area contributed by atoms with Crippen LogP contribution in [0.1, 0.15) is 29.2 Å². The van der Waals surface area contributed by atoms with Gasteiger partial charge in [0.1, 0.15) is 11.9 Å². The minimum absolute atomic E-state index is 0.0979. The van der Waals surface area contributed by atoms with Gasteiger partial charge in [0.2, 0.25) is 0 Å². The molecule has 0 heterocycles. The molecule has 0 saturated carbocycles. The summed E-state index contributed by atoms with van der Waals surface area (Å²) in [4.78, 5) is 10.2. The second-order valence-electron chi connectivity index (χ2n) is 5.18. The average Bonchev–Trinajstić information content (AvgIpc) is 2.89. The van der Waals surface area contributed by atoms with E-state index in [-0.39, 0.29) is 23.1 Å². The summed E-state index contributed by atoms with van der Waals surface area (Å²) in [5, 5.41) is 23.1. The summed E-state index contributed by atoms with van der Waals surface area (Å²) >= 11 is 0. The molecule has 3 rings (SSSR count). The summed E-state index contributed by atoms with van der Waals surface area (Å²) in [5.41, 5.74) is 2.57. The highest BCUT2D eigenvalue weighted by molar-refractivity contribution is 5.62. The van der Waals surface area contributed by atoms with Crippen LogP contribution in [0.5, 0.6) is 0 Å². The van der Waals surface area contributed by atoms with Gasteiger partial charge in [0.15, 0.2) is 0 Å². The molecule has 0 bridgehead atoms. The van der Waals surface area contributed by atoms with Crippen molar-refractivity contribution in [2.45, 2.75) is 18.9 Å². The van der Waals surface area contributed by atoms with Crippen molar-refractivity contribution in [1.29, 1.82) is 5.26 Å². The van der Waals surface area contributed by atoms with Crippen LogP contribution >= 0.6 is 0 Å². The van der Waals surface area contributed by atoms with E-state index in [1.807, 2.05) is 6.07 Å². The van der Waals surface area contributed by atoms with Crippen LogP contribution in [-0.2, 0) is 6.42 Å². The minimum Gasteiger partial charge on any atom is -0.377 e. The Morgan fingerprint density at radius 2 is 2.14 bits per heavy atom. The van der Waals surface area contributed by atoms with Crippen LogP contribution in [0.2, 0.25) is 0 Å². The van der Waals surface area contributed by atoms with E-state index in [0.29, 0.717) is 5.69 Å². The van der Waals surface area contributed by atoms with Gasteiger partial charge < -0.3 is 5.32 Å². The van der Waals surface area contributed by atoms with Crippen LogP contribution in [0.4, 0.5) is 15.8 Å². The second kappa shape index (κ2) is 5.45. The molecule has 0 aromatic heterocycles. The molecule has 0 saturated heterocycles. The summed E-state index contributed by atoms with van der Waals surface area (Å²) in [5.74, 6) is -0.295. The number of nitrogens with one attached hydrogen (secondary N) is 1. The van der Waals surface area contributed by atoms with E-state index < -0.39 is 4.92 Å². The zero-order chi connectivity index (χ0) is 15.7. The van der Waals surface area contributed by atoms with E-state index >= 15 is 0 Å². The maximum absolute atomic E-state index is 13.4. The molecule has 0 aliphatic heterocycles. The van der Waals surface area contributed by atoms with Crippen molar-refractivity contribution < 1.29 is 9.31 Å². The second-order valence-corrected chi connectivity index (χ2v) is 5.18. The van der Waals surface area contributed by atoms with Gasteiger partial charge in [0.25, 0.3) is 5.69 Å². The molecule has 0 amide bonds. The van der Waals surface area contributed by atoms with E-state index in [0.717, 1.165) is 24.0 Å². The molecule has 0 spiro atoms. The standard InChI is InChI=1S/C16H12FN3O2/c17-12-3-1-10-2-5-16(14(10)8-12)19-15-6-4-13(20(21)22)7-11(15)9-18/h1,3-4,6-8,16,19H,2,5H2. The Morgan fingerprint density at radius 3 is 2.86 bits per heavy atom. The van der Waals surface area contributed by atoms with Gasteiger partial charge in [-0.05, 0) is 42.2 Å². The first-order chi connectivity index (χ1) is 10.6. The van der Waals surface area contributed by atoms with Crippen molar-refractivity contribution >= 4 is 11.4 Å². The largest absolute Gasteiger partial charge is 0.377 e. The number of nitriles is 1. The number of benzene rings is 2. The number of halogens is 1. The van der Waals surface area contributed by atoms with Crippen LogP contribution in [0.3, 0.4) is 0 Å². The highest BCUT2D eigenvalue weighted by Gasteiger charge is 2.24. The molecular formula is C16H12FN3O2. The highest BCUT2D eigenvalue weighted by Crippen LogP contribution is 2.35. The summed E-state index contributed by atoms with van der Waals surface area (Å²) in [6.07, 6.45) is 1.63. The molecule has 1 aliphatic carbocycles. The number of hydrogen-bond acceptors (Lipinski definition) is 4. The van der Waals surface area contributed by atoms with Crippen LogP contribution in [-0.4, -0.2) is 4.92 Å². The Morgan fingerprint density at radius 1 is 1.32 bits per heavy atom. The first-order valence-corrected chi connectivity index (χ1v) is 6.82. The van der Waals surface area contributed by atoms with Crippen molar-refractivity contribution in [3.8, 4) is 6.07 Å². The third-order valence-corrected chi connectivity index (χ3v) is 3.85. The van der Waals surface area contributed by atoms with E-state index in [4.69, 9.17) is 5.26 Å². The number of anilines is 1. The van der Waals surface area contributed by atoms with Gasteiger partial charge in [-0.1, -0.05) is 6.07 Å². The number of hydrogen-bond donors (Lipinski definition) is 1. The van der Waals surface area contributed by atoms with Crippen molar-refractivity contribution in [3.63, 3.8) is 0 Å². The number of non-ortho nitro benzene ring substituents is 1. The Bertz CT molecular complexity index is 798. The Labute approximate surface area is 126 Å². The van der Waals surface area contributed by atoms with Gasteiger partial charge in [-0.2, -0.15) is 5.26 Å².